The van der Waals surface area contributed by atoms with Gasteiger partial charge in [-0.15, -0.1) is 12.6 Å². The van der Waals surface area contributed by atoms with Gasteiger partial charge in [0, 0.05) is 22.0 Å². The molecule has 19 heavy (non-hydrogen) atoms. The lowest BCUT2D eigenvalue weighted by atomic mass is 10.1. The van der Waals surface area contributed by atoms with Gasteiger partial charge in [0.05, 0.1) is 5.56 Å². The minimum atomic E-state index is -0.0274. The molecular formula is C14H19BrN2OS. The lowest BCUT2D eigenvalue weighted by molar-refractivity contribution is 0.0903. The summed E-state index contributed by atoms with van der Waals surface area (Å²) in [4.78, 5) is 15.3. The highest BCUT2D eigenvalue weighted by Crippen LogP contribution is 2.20. The summed E-state index contributed by atoms with van der Waals surface area (Å²) in [7, 11) is 0. The van der Waals surface area contributed by atoms with Crippen LogP contribution in [0.1, 0.15) is 30.1 Å². The van der Waals surface area contributed by atoms with Gasteiger partial charge in [-0.25, -0.2) is 0 Å². The third-order valence-electron chi connectivity index (χ3n) is 3.49. The summed E-state index contributed by atoms with van der Waals surface area (Å²) in [6.07, 6.45) is 2.20. The van der Waals surface area contributed by atoms with Crippen LogP contribution >= 0.6 is 28.6 Å². The van der Waals surface area contributed by atoms with E-state index < -0.39 is 0 Å². The quantitative estimate of drug-likeness (QED) is 0.827. The van der Waals surface area contributed by atoms with Crippen LogP contribution in [-0.4, -0.2) is 36.5 Å². The van der Waals surface area contributed by atoms with Crippen molar-refractivity contribution < 1.29 is 4.79 Å². The van der Waals surface area contributed by atoms with Crippen molar-refractivity contribution in [3.8, 4) is 0 Å². The number of piperidine rings is 1. The molecule has 3 nitrogen and oxygen atoms in total. The van der Waals surface area contributed by atoms with Crippen LogP contribution in [0.25, 0.3) is 0 Å². The lowest BCUT2D eigenvalue weighted by Crippen LogP contribution is -2.47. The van der Waals surface area contributed by atoms with Gasteiger partial charge in [-0.05, 0) is 44.1 Å². The monoisotopic (exact) mass is 342 g/mol. The summed E-state index contributed by atoms with van der Waals surface area (Å²) in [6.45, 7) is 5.28. The number of rotatable bonds is 3. The number of hydrogen-bond acceptors (Lipinski definition) is 3. The number of thiol groups is 1. The summed E-state index contributed by atoms with van der Waals surface area (Å²) in [5.41, 5.74) is 0.639. The van der Waals surface area contributed by atoms with Gasteiger partial charge in [-0.2, -0.15) is 0 Å². The van der Waals surface area contributed by atoms with E-state index in [1.54, 1.807) is 0 Å². The largest absolute Gasteiger partial charge is 0.348 e. The van der Waals surface area contributed by atoms with E-state index in [-0.39, 0.29) is 11.9 Å². The zero-order valence-electron chi connectivity index (χ0n) is 11.0. The van der Waals surface area contributed by atoms with Crippen LogP contribution in [0.3, 0.4) is 0 Å². The molecule has 104 valence electrons. The average Bonchev–Trinajstić information content (AvgIpc) is 2.38. The van der Waals surface area contributed by atoms with Crippen molar-refractivity contribution in [3.63, 3.8) is 0 Å². The summed E-state index contributed by atoms with van der Waals surface area (Å²) >= 11 is 7.73. The first-order valence-corrected chi connectivity index (χ1v) is 7.86. The smallest absolute Gasteiger partial charge is 0.252 e. The van der Waals surface area contributed by atoms with Gasteiger partial charge in [-0.1, -0.05) is 22.9 Å². The minimum absolute atomic E-state index is 0.0274. The SMILES string of the molecule is CCN1CCCC(NC(=O)c2ccc(Br)cc2S)C1. The highest BCUT2D eigenvalue weighted by atomic mass is 79.9. The van der Waals surface area contributed by atoms with Crippen molar-refractivity contribution in [2.24, 2.45) is 0 Å². The predicted octanol–water partition coefficient (Wildman–Crippen LogP) is 2.95. The van der Waals surface area contributed by atoms with E-state index >= 15 is 0 Å². The Morgan fingerprint density at radius 3 is 3.05 bits per heavy atom. The maximum Gasteiger partial charge on any atom is 0.252 e. The standard InChI is InChI=1S/C14H19BrN2OS/c1-2-17-7-3-4-11(9-17)16-14(18)12-6-5-10(15)8-13(12)19/h5-6,8,11,19H,2-4,7,9H2,1H3,(H,16,18). The molecule has 1 aliphatic heterocycles. The van der Waals surface area contributed by atoms with Gasteiger partial charge in [0.15, 0.2) is 0 Å². The molecule has 5 heteroatoms. The van der Waals surface area contributed by atoms with E-state index in [9.17, 15) is 4.79 Å². The predicted molar refractivity (Wildman–Crippen MR) is 84.0 cm³/mol. The second kappa shape index (κ2) is 6.77. The van der Waals surface area contributed by atoms with Crippen molar-refractivity contribution in [1.29, 1.82) is 0 Å². The van der Waals surface area contributed by atoms with Crippen molar-refractivity contribution in [3.05, 3.63) is 28.2 Å². The van der Waals surface area contributed by atoms with Crippen LogP contribution in [-0.2, 0) is 0 Å². The molecule has 1 aliphatic rings. The van der Waals surface area contributed by atoms with E-state index in [1.807, 2.05) is 18.2 Å². The second-order valence-electron chi connectivity index (χ2n) is 4.87. The molecule has 1 aromatic rings. The molecular weight excluding hydrogens is 324 g/mol. The molecule has 1 aromatic carbocycles. The van der Waals surface area contributed by atoms with Crippen molar-refractivity contribution in [1.82, 2.24) is 10.2 Å². The van der Waals surface area contributed by atoms with E-state index in [0.717, 1.165) is 36.9 Å². The number of hydrogen-bond donors (Lipinski definition) is 2. The van der Waals surface area contributed by atoms with E-state index in [4.69, 9.17) is 0 Å². The molecule has 1 N–H and O–H groups in total. The van der Waals surface area contributed by atoms with Gasteiger partial charge >= 0.3 is 0 Å². The number of likely N-dealkylation sites (tertiary alicyclic amines) is 1. The zero-order chi connectivity index (χ0) is 13.8. The molecule has 1 fully saturated rings. The molecule has 1 atom stereocenters. The van der Waals surface area contributed by atoms with Crippen LogP contribution in [0.5, 0.6) is 0 Å². The lowest BCUT2D eigenvalue weighted by Gasteiger charge is -2.32. The molecule has 1 amide bonds. The molecule has 0 aliphatic carbocycles. The topological polar surface area (TPSA) is 32.3 Å². The van der Waals surface area contributed by atoms with Gasteiger partial charge < -0.3 is 10.2 Å². The number of amides is 1. The summed E-state index contributed by atoms with van der Waals surface area (Å²) in [6, 6.07) is 5.77. The Balaban J connectivity index is 2.00. The molecule has 0 bridgehead atoms. The summed E-state index contributed by atoms with van der Waals surface area (Å²) in [5.74, 6) is -0.0274. The first-order chi connectivity index (χ1) is 9.10. The maximum atomic E-state index is 12.2. The summed E-state index contributed by atoms with van der Waals surface area (Å²) in [5, 5.41) is 3.11. The first kappa shape index (κ1) is 14.9. The highest BCUT2D eigenvalue weighted by molar-refractivity contribution is 9.10. The normalized spacial score (nSPS) is 20.3. The minimum Gasteiger partial charge on any atom is -0.348 e. The number of carbonyl (C=O) groups excluding carboxylic acids is 1. The van der Waals surface area contributed by atoms with Crippen molar-refractivity contribution in [2.75, 3.05) is 19.6 Å². The van der Waals surface area contributed by atoms with E-state index in [1.165, 1.54) is 0 Å². The van der Waals surface area contributed by atoms with Crippen LogP contribution in [0, 0.1) is 0 Å². The molecule has 2 rings (SSSR count). The average molecular weight is 343 g/mol. The van der Waals surface area contributed by atoms with E-state index in [2.05, 4.69) is 45.7 Å². The number of nitrogens with one attached hydrogen (secondary N) is 1. The number of likely N-dealkylation sites (N-methyl/N-ethyl adjacent to an activating group) is 1. The van der Waals surface area contributed by atoms with Crippen LogP contribution < -0.4 is 5.32 Å². The van der Waals surface area contributed by atoms with Gasteiger partial charge in [-0.3, -0.25) is 4.79 Å². The van der Waals surface area contributed by atoms with Crippen LogP contribution in [0.15, 0.2) is 27.6 Å². The zero-order valence-corrected chi connectivity index (χ0v) is 13.5. The van der Waals surface area contributed by atoms with Crippen LogP contribution in [0.4, 0.5) is 0 Å². The Labute approximate surface area is 128 Å². The van der Waals surface area contributed by atoms with Crippen LogP contribution in [0.2, 0.25) is 0 Å². The third kappa shape index (κ3) is 3.97. The highest BCUT2D eigenvalue weighted by Gasteiger charge is 2.21. The third-order valence-corrected chi connectivity index (χ3v) is 4.36. The molecule has 0 aromatic heterocycles. The fourth-order valence-electron chi connectivity index (χ4n) is 2.42. The van der Waals surface area contributed by atoms with Gasteiger partial charge in [0.2, 0.25) is 0 Å². The Bertz CT molecular complexity index is 467. The van der Waals surface area contributed by atoms with Gasteiger partial charge in [0.25, 0.3) is 5.91 Å². The number of halogens is 1. The van der Waals surface area contributed by atoms with Crippen molar-refractivity contribution >= 4 is 34.5 Å². The Hall–Kier alpha value is -0.520. The van der Waals surface area contributed by atoms with Gasteiger partial charge in [0.1, 0.15) is 0 Å². The molecule has 0 radical (unpaired) electrons. The Morgan fingerprint density at radius 1 is 1.58 bits per heavy atom. The fraction of sp³-hybridized carbons (Fsp3) is 0.500. The summed E-state index contributed by atoms with van der Waals surface area (Å²) < 4.78 is 0.934. The first-order valence-electron chi connectivity index (χ1n) is 6.62. The Kier molecular flexibility index (Phi) is 5.30. The molecule has 0 spiro atoms. The van der Waals surface area contributed by atoms with Crippen molar-refractivity contribution in [2.45, 2.75) is 30.7 Å². The molecule has 1 saturated heterocycles. The molecule has 0 saturated carbocycles. The Morgan fingerprint density at radius 2 is 2.37 bits per heavy atom. The fourth-order valence-corrected chi connectivity index (χ4v) is 3.27. The number of carbonyl (C=O) groups is 1. The molecule has 1 heterocycles. The maximum absolute atomic E-state index is 12.2. The molecule has 1 unspecified atom stereocenters. The number of nitrogens with zero attached hydrogens (tertiary/aromatic N) is 1. The second-order valence-corrected chi connectivity index (χ2v) is 6.26. The number of benzene rings is 1. The van der Waals surface area contributed by atoms with E-state index in [0.29, 0.717) is 10.5 Å².